The molecular formula is C19H21N5. The summed E-state index contributed by atoms with van der Waals surface area (Å²) in [7, 11) is 0. The molecule has 4 rings (SSSR count). The molecule has 3 aromatic rings. The predicted molar refractivity (Wildman–Crippen MR) is 93.3 cm³/mol. The Morgan fingerprint density at radius 1 is 1.12 bits per heavy atom. The highest BCUT2D eigenvalue weighted by molar-refractivity contribution is 5.52. The molecule has 1 fully saturated rings. The van der Waals surface area contributed by atoms with Crippen molar-refractivity contribution in [1.29, 1.82) is 0 Å². The van der Waals surface area contributed by atoms with Crippen molar-refractivity contribution in [3.8, 4) is 11.4 Å². The average molecular weight is 319 g/mol. The number of aromatic amines is 1. The molecule has 0 saturated carbocycles. The second kappa shape index (κ2) is 6.93. The van der Waals surface area contributed by atoms with Crippen LogP contribution in [0.3, 0.4) is 0 Å². The lowest BCUT2D eigenvalue weighted by Crippen LogP contribution is -2.34. The lowest BCUT2D eigenvalue weighted by molar-refractivity contribution is 0.197. The molecule has 24 heavy (non-hydrogen) atoms. The minimum Gasteiger partial charge on any atom is -0.298 e. The number of pyridine rings is 1. The van der Waals surface area contributed by atoms with Crippen LogP contribution < -0.4 is 0 Å². The summed E-state index contributed by atoms with van der Waals surface area (Å²) in [4.78, 5) is 11.4. The van der Waals surface area contributed by atoms with Gasteiger partial charge in [-0.05, 0) is 37.1 Å². The third-order valence-corrected chi connectivity index (χ3v) is 4.56. The van der Waals surface area contributed by atoms with Gasteiger partial charge in [0, 0.05) is 37.0 Å². The van der Waals surface area contributed by atoms with Gasteiger partial charge in [0.25, 0.3) is 0 Å². The van der Waals surface area contributed by atoms with E-state index in [0.717, 1.165) is 43.3 Å². The van der Waals surface area contributed by atoms with Gasteiger partial charge in [-0.3, -0.25) is 15.0 Å². The van der Waals surface area contributed by atoms with E-state index in [2.05, 4.69) is 50.4 Å². The molecule has 1 aliphatic rings. The van der Waals surface area contributed by atoms with Crippen LogP contribution in [0, 0.1) is 0 Å². The number of piperidine rings is 1. The Kier molecular flexibility index (Phi) is 4.34. The standard InChI is InChI=1S/C19H21N5/c1-2-6-15(7-3-1)13-24-11-5-9-17(14-24)19-21-18(22-23-19)16-8-4-10-20-12-16/h1-4,6-8,10,12,17H,5,9,11,13-14H2,(H,21,22,23). The number of nitrogens with zero attached hydrogens (tertiary/aromatic N) is 4. The largest absolute Gasteiger partial charge is 0.298 e. The Morgan fingerprint density at radius 2 is 2.04 bits per heavy atom. The van der Waals surface area contributed by atoms with Crippen LogP contribution in [0.4, 0.5) is 0 Å². The molecule has 5 heteroatoms. The third kappa shape index (κ3) is 3.36. The number of hydrogen-bond donors (Lipinski definition) is 1. The van der Waals surface area contributed by atoms with E-state index in [1.807, 2.05) is 12.1 Å². The Bertz CT molecular complexity index is 769. The van der Waals surface area contributed by atoms with Crippen LogP contribution in [0.25, 0.3) is 11.4 Å². The van der Waals surface area contributed by atoms with Crippen molar-refractivity contribution in [3.63, 3.8) is 0 Å². The first-order chi connectivity index (χ1) is 11.9. The van der Waals surface area contributed by atoms with E-state index >= 15 is 0 Å². The van der Waals surface area contributed by atoms with Crippen LogP contribution in [0.1, 0.15) is 30.1 Å². The number of benzene rings is 1. The van der Waals surface area contributed by atoms with Crippen molar-refractivity contribution in [3.05, 3.63) is 66.2 Å². The van der Waals surface area contributed by atoms with Crippen LogP contribution in [0.15, 0.2) is 54.9 Å². The van der Waals surface area contributed by atoms with Gasteiger partial charge in [0.05, 0.1) is 0 Å². The summed E-state index contributed by atoms with van der Waals surface area (Å²) >= 11 is 0. The summed E-state index contributed by atoms with van der Waals surface area (Å²) in [5, 5.41) is 7.52. The fraction of sp³-hybridized carbons (Fsp3) is 0.316. The summed E-state index contributed by atoms with van der Waals surface area (Å²) < 4.78 is 0. The maximum atomic E-state index is 4.71. The molecule has 1 N–H and O–H groups in total. The maximum Gasteiger partial charge on any atom is 0.182 e. The van der Waals surface area contributed by atoms with E-state index in [4.69, 9.17) is 4.98 Å². The van der Waals surface area contributed by atoms with Crippen LogP contribution in [-0.2, 0) is 6.54 Å². The first kappa shape index (κ1) is 15.0. The lowest BCUT2D eigenvalue weighted by Gasteiger charge is -2.31. The van der Waals surface area contributed by atoms with Crippen LogP contribution >= 0.6 is 0 Å². The zero-order chi connectivity index (χ0) is 16.2. The minimum absolute atomic E-state index is 0.417. The SMILES string of the molecule is c1ccc(CN2CCCC(c3nc(-c4cccnc4)n[nH]3)C2)cc1. The molecule has 3 heterocycles. The first-order valence-corrected chi connectivity index (χ1v) is 8.47. The van der Waals surface area contributed by atoms with Crippen molar-refractivity contribution in [2.45, 2.75) is 25.3 Å². The number of likely N-dealkylation sites (tertiary alicyclic amines) is 1. The van der Waals surface area contributed by atoms with E-state index in [0.29, 0.717) is 5.92 Å². The van der Waals surface area contributed by atoms with Crippen molar-refractivity contribution in [1.82, 2.24) is 25.1 Å². The molecular weight excluding hydrogens is 298 g/mol. The molecule has 1 unspecified atom stereocenters. The molecule has 1 aromatic carbocycles. The maximum absolute atomic E-state index is 4.71. The summed E-state index contributed by atoms with van der Waals surface area (Å²) in [6, 6.07) is 14.6. The second-order valence-corrected chi connectivity index (χ2v) is 6.35. The fourth-order valence-electron chi connectivity index (χ4n) is 3.34. The van der Waals surface area contributed by atoms with Crippen molar-refractivity contribution < 1.29 is 0 Å². The Balaban J connectivity index is 1.45. The Labute approximate surface area is 141 Å². The van der Waals surface area contributed by atoms with Crippen molar-refractivity contribution in [2.75, 3.05) is 13.1 Å². The lowest BCUT2D eigenvalue weighted by atomic mass is 9.97. The molecule has 0 aliphatic carbocycles. The van der Waals surface area contributed by atoms with Gasteiger partial charge in [-0.15, -0.1) is 0 Å². The van der Waals surface area contributed by atoms with E-state index in [1.165, 1.54) is 12.0 Å². The number of H-pyrrole nitrogens is 1. The third-order valence-electron chi connectivity index (χ3n) is 4.56. The van der Waals surface area contributed by atoms with Gasteiger partial charge in [0.1, 0.15) is 5.82 Å². The van der Waals surface area contributed by atoms with E-state index < -0.39 is 0 Å². The molecule has 5 nitrogen and oxygen atoms in total. The molecule has 0 radical (unpaired) electrons. The Hall–Kier alpha value is -2.53. The zero-order valence-corrected chi connectivity index (χ0v) is 13.6. The molecule has 0 bridgehead atoms. The van der Waals surface area contributed by atoms with E-state index in [1.54, 1.807) is 12.4 Å². The van der Waals surface area contributed by atoms with E-state index in [9.17, 15) is 0 Å². The highest BCUT2D eigenvalue weighted by Crippen LogP contribution is 2.26. The summed E-state index contributed by atoms with van der Waals surface area (Å²) in [6.45, 7) is 3.17. The van der Waals surface area contributed by atoms with Crippen LogP contribution in [0.2, 0.25) is 0 Å². The minimum atomic E-state index is 0.417. The van der Waals surface area contributed by atoms with E-state index in [-0.39, 0.29) is 0 Å². The summed E-state index contributed by atoms with van der Waals surface area (Å²) in [6.07, 6.45) is 5.92. The molecule has 1 aliphatic heterocycles. The summed E-state index contributed by atoms with van der Waals surface area (Å²) in [5.41, 5.74) is 2.32. The number of aromatic nitrogens is 4. The topological polar surface area (TPSA) is 57.7 Å². The van der Waals surface area contributed by atoms with Gasteiger partial charge in [-0.1, -0.05) is 30.3 Å². The number of nitrogens with one attached hydrogen (secondary N) is 1. The van der Waals surface area contributed by atoms with Gasteiger partial charge >= 0.3 is 0 Å². The molecule has 2 aromatic heterocycles. The van der Waals surface area contributed by atoms with Crippen molar-refractivity contribution in [2.24, 2.45) is 0 Å². The first-order valence-electron chi connectivity index (χ1n) is 8.47. The molecule has 0 amide bonds. The second-order valence-electron chi connectivity index (χ2n) is 6.35. The number of rotatable bonds is 4. The van der Waals surface area contributed by atoms with Crippen molar-refractivity contribution >= 4 is 0 Å². The Morgan fingerprint density at radius 3 is 2.88 bits per heavy atom. The highest BCUT2D eigenvalue weighted by Gasteiger charge is 2.24. The molecule has 1 saturated heterocycles. The highest BCUT2D eigenvalue weighted by atomic mass is 15.2. The van der Waals surface area contributed by atoms with Gasteiger partial charge in [0.2, 0.25) is 0 Å². The average Bonchev–Trinajstić information content (AvgIpc) is 3.14. The van der Waals surface area contributed by atoms with Crippen LogP contribution in [0.5, 0.6) is 0 Å². The molecule has 1 atom stereocenters. The van der Waals surface area contributed by atoms with Crippen LogP contribution in [-0.4, -0.2) is 38.2 Å². The number of hydrogen-bond acceptors (Lipinski definition) is 4. The molecule has 122 valence electrons. The van der Waals surface area contributed by atoms with Gasteiger partial charge < -0.3 is 0 Å². The van der Waals surface area contributed by atoms with Gasteiger partial charge in [-0.2, -0.15) is 5.10 Å². The monoisotopic (exact) mass is 319 g/mol. The van der Waals surface area contributed by atoms with Gasteiger partial charge in [0.15, 0.2) is 5.82 Å². The quantitative estimate of drug-likeness (QED) is 0.802. The zero-order valence-electron chi connectivity index (χ0n) is 13.6. The molecule has 0 spiro atoms. The normalized spacial score (nSPS) is 18.6. The van der Waals surface area contributed by atoms with Gasteiger partial charge in [-0.25, -0.2) is 4.98 Å². The summed E-state index contributed by atoms with van der Waals surface area (Å²) in [5.74, 6) is 2.14. The predicted octanol–water partition coefficient (Wildman–Crippen LogP) is 3.25. The smallest absolute Gasteiger partial charge is 0.182 e. The fourth-order valence-corrected chi connectivity index (χ4v) is 3.34.